The Kier molecular flexibility index (Phi) is 12.6. The molecule has 206 valence electrons. The van der Waals surface area contributed by atoms with E-state index >= 15 is 0 Å². The Morgan fingerprint density at radius 2 is 1.56 bits per heavy atom. The molecule has 0 radical (unpaired) electrons. The van der Waals surface area contributed by atoms with E-state index < -0.39 is 36.0 Å². The highest BCUT2D eigenvalue weighted by Crippen LogP contribution is 2.22. The summed E-state index contributed by atoms with van der Waals surface area (Å²) in [7, 11) is 0. The molecule has 2 unspecified atom stereocenters. The normalized spacial score (nSPS) is 27.6. The first kappa shape index (κ1) is 30.0. The maximum Gasteiger partial charge on any atom is 0.246 e. The number of carbonyl (C=O) groups excluding carboxylic acids is 4. The average molecular weight is 511 g/mol. The molecule has 0 aromatic heterocycles. The largest absolute Gasteiger partial charge is 0.396 e. The van der Waals surface area contributed by atoms with Crippen LogP contribution in [0.1, 0.15) is 91.4 Å². The molecule has 0 saturated carbocycles. The number of nitrogens with one attached hydrogen (secondary N) is 3. The van der Waals surface area contributed by atoms with Gasteiger partial charge in [-0.3, -0.25) is 19.2 Å². The van der Waals surface area contributed by atoms with Gasteiger partial charge in [0.2, 0.25) is 23.6 Å². The van der Waals surface area contributed by atoms with Crippen molar-refractivity contribution in [3.63, 3.8) is 0 Å². The average Bonchev–Trinajstić information content (AvgIpc) is 2.88. The van der Waals surface area contributed by atoms with Crippen molar-refractivity contribution in [2.24, 2.45) is 5.92 Å². The zero-order valence-electron chi connectivity index (χ0n) is 22.1. The van der Waals surface area contributed by atoms with Gasteiger partial charge in [0.1, 0.15) is 24.2 Å². The van der Waals surface area contributed by atoms with Crippen LogP contribution in [0.15, 0.2) is 0 Å². The quantitative estimate of drug-likeness (QED) is 0.262. The first-order valence-electron chi connectivity index (χ1n) is 13.7. The van der Waals surface area contributed by atoms with Crippen LogP contribution in [0.4, 0.5) is 0 Å². The molecule has 2 aliphatic heterocycles. The Morgan fingerprint density at radius 1 is 0.889 bits per heavy atom. The lowest BCUT2D eigenvalue weighted by Gasteiger charge is -2.39. The maximum absolute atomic E-state index is 13.6. The third-order valence-electron chi connectivity index (χ3n) is 7.55. The van der Waals surface area contributed by atoms with Crippen molar-refractivity contribution in [3.8, 4) is 0 Å². The number of aliphatic hydroxyl groups is 2. The molecule has 2 aliphatic rings. The molecule has 10 nitrogen and oxygen atoms in total. The van der Waals surface area contributed by atoms with Gasteiger partial charge in [0.15, 0.2) is 0 Å². The van der Waals surface area contributed by atoms with Crippen molar-refractivity contribution in [1.29, 1.82) is 0 Å². The van der Waals surface area contributed by atoms with Gasteiger partial charge in [-0.05, 0) is 50.9 Å². The monoisotopic (exact) mass is 510 g/mol. The summed E-state index contributed by atoms with van der Waals surface area (Å²) in [6, 6.07) is -3.37. The van der Waals surface area contributed by atoms with Gasteiger partial charge in [0, 0.05) is 13.2 Å². The Hall–Kier alpha value is -2.20. The van der Waals surface area contributed by atoms with E-state index in [1.54, 1.807) is 4.90 Å². The summed E-state index contributed by atoms with van der Waals surface area (Å²) in [5.41, 5.74) is 0. The standard InChI is InChI=1S/C26H46N4O6/c1-4-17(3)22-26(36)30-15-10-9-13-21(30)25(35)28-19(12-8-6-7-11-18(32)5-2)23(33)27-20(14-16-31)24(34)29-22/h17-22,31-32H,4-16H2,1-3H3,(H,27,33)(H,28,35)(H,29,34)/t17?,18?,19-,20-,21+,22-/m0/s1. The summed E-state index contributed by atoms with van der Waals surface area (Å²) in [4.78, 5) is 54.9. The van der Waals surface area contributed by atoms with Crippen LogP contribution in [0.25, 0.3) is 0 Å². The van der Waals surface area contributed by atoms with Crippen LogP contribution in [0.5, 0.6) is 0 Å². The molecule has 0 aromatic rings. The Labute approximate surface area is 214 Å². The summed E-state index contributed by atoms with van der Waals surface area (Å²) in [6.45, 7) is 5.85. The first-order valence-corrected chi connectivity index (χ1v) is 13.7. The fourth-order valence-corrected chi connectivity index (χ4v) is 4.90. The predicted molar refractivity (Wildman–Crippen MR) is 136 cm³/mol. The molecule has 2 rings (SSSR count). The summed E-state index contributed by atoms with van der Waals surface area (Å²) in [6.07, 6.45) is 6.44. The minimum absolute atomic E-state index is 0.000895. The zero-order valence-corrected chi connectivity index (χ0v) is 22.1. The Balaban J connectivity index is 2.27. The molecule has 36 heavy (non-hydrogen) atoms. The molecular weight excluding hydrogens is 464 g/mol. The van der Waals surface area contributed by atoms with Crippen LogP contribution in [-0.4, -0.2) is 82.2 Å². The van der Waals surface area contributed by atoms with Crippen LogP contribution in [0.2, 0.25) is 0 Å². The molecule has 2 fully saturated rings. The van der Waals surface area contributed by atoms with Gasteiger partial charge < -0.3 is 31.1 Å². The Bertz CT molecular complexity index is 748. The SMILES string of the molecule is CCC(O)CCCCC[C@@H]1NC(=O)[C@H]2CCCCN2C(=O)[C@H](C(C)CC)NC(=O)[C@H](CCO)NC1=O. The number of hydrogen-bond donors (Lipinski definition) is 5. The molecule has 10 heteroatoms. The summed E-state index contributed by atoms with van der Waals surface area (Å²) in [5, 5.41) is 27.6. The highest BCUT2D eigenvalue weighted by molar-refractivity contribution is 5.97. The molecular formula is C26H46N4O6. The summed E-state index contributed by atoms with van der Waals surface area (Å²) in [5.74, 6) is -1.78. The molecule has 0 aromatic carbocycles. The van der Waals surface area contributed by atoms with Gasteiger partial charge in [-0.1, -0.05) is 46.5 Å². The highest BCUT2D eigenvalue weighted by atomic mass is 16.3. The molecule has 6 atom stereocenters. The molecule has 5 N–H and O–H groups in total. The number of fused-ring (bicyclic) bond motifs is 1. The fraction of sp³-hybridized carbons (Fsp3) is 0.846. The van der Waals surface area contributed by atoms with Gasteiger partial charge in [0.25, 0.3) is 0 Å². The smallest absolute Gasteiger partial charge is 0.246 e. The second-order valence-electron chi connectivity index (χ2n) is 10.2. The molecule has 2 saturated heterocycles. The van der Waals surface area contributed by atoms with E-state index in [9.17, 15) is 29.4 Å². The van der Waals surface area contributed by atoms with Crippen LogP contribution in [-0.2, 0) is 19.2 Å². The van der Waals surface area contributed by atoms with Crippen LogP contribution in [0.3, 0.4) is 0 Å². The van der Waals surface area contributed by atoms with Crippen molar-refractivity contribution in [1.82, 2.24) is 20.9 Å². The van der Waals surface area contributed by atoms with Crippen LogP contribution >= 0.6 is 0 Å². The number of rotatable bonds is 11. The van der Waals surface area contributed by atoms with E-state index in [1.165, 1.54) is 0 Å². The van der Waals surface area contributed by atoms with Gasteiger partial charge in [-0.15, -0.1) is 0 Å². The third-order valence-corrected chi connectivity index (χ3v) is 7.55. The highest BCUT2D eigenvalue weighted by Gasteiger charge is 2.40. The van der Waals surface area contributed by atoms with Crippen LogP contribution in [0, 0.1) is 5.92 Å². The van der Waals surface area contributed by atoms with Gasteiger partial charge in [-0.2, -0.15) is 0 Å². The minimum Gasteiger partial charge on any atom is -0.396 e. The van der Waals surface area contributed by atoms with E-state index in [0.29, 0.717) is 45.1 Å². The van der Waals surface area contributed by atoms with Crippen molar-refractivity contribution < 1.29 is 29.4 Å². The molecule has 0 spiro atoms. The van der Waals surface area contributed by atoms with E-state index in [4.69, 9.17) is 0 Å². The van der Waals surface area contributed by atoms with E-state index in [1.807, 2.05) is 20.8 Å². The number of aliphatic hydroxyl groups excluding tert-OH is 2. The molecule has 2 heterocycles. The molecule has 4 amide bonds. The van der Waals surface area contributed by atoms with E-state index in [0.717, 1.165) is 25.7 Å². The van der Waals surface area contributed by atoms with Crippen LogP contribution < -0.4 is 16.0 Å². The van der Waals surface area contributed by atoms with Gasteiger partial charge in [-0.25, -0.2) is 0 Å². The number of hydrogen-bond acceptors (Lipinski definition) is 6. The maximum atomic E-state index is 13.6. The van der Waals surface area contributed by atoms with Crippen molar-refractivity contribution in [2.45, 2.75) is 122 Å². The summed E-state index contributed by atoms with van der Waals surface area (Å²) >= 11 is 0. The van der Waals surface area contributed by atoms with Crippen molar-refractivity contribution in [2.75, 3.05) is 13.2 Å². The van der Waals surface area contributed by atoms with Gasteiger partial charge >= 0.3 is 0 Å². The molecule has 0 bridgehead atoms. The van der Waals surface area contributed by atoms with Crippen molar-refractivity contribution in [3.05, 3.63) is 0 Å². The second kappa shape index (κ2) is 15.1. The summed E-state index contributed by atoms with van der Waals surface area (Å²) < 4.78 is 0. The van der Waals surface area contributed by atoms with E-state index in [2.05, 4.69) is 16.0 Å². The number of carbonyl (C=O) groups is 4. The lowest BCUT2D eigenvalue weighted by molar-refractivity contribution is -0.147. The number of nitrogens with zero attached hydrogens (tertiary/aromatic N) is 1. The van der Waals surface area contributed by atoms with Gasteiger partial charge in [0.05, 0.1) is 6.10 Å². The third kappa shape index (κ3) is 8.44. The van der Waals surface area contributed by atoms with E-state index in [-0.39, 0.29) is 36.9 Å². The number of piperidine rings is 1. The number of amides is 4. The fourth-order valence-electron chi connectivity index (χ4n) is 4.90. The Morgan fingerprint density at radius 3 is 2.22 bits per heavy atom. The lowest BCUT2D eigenvalue weighted by atomic mass is 9.93. The topological polar surface area (TPSA) is 148 Å². The second-order valence-corrected chi connectivity index (χ2v) is 10.2. The zero-order chi connectivity index (χ0) is 26.7. The predicted octanol–water partition coefficient (Wildman–Crippen LogP) is 0.985. The number of unbranched alkanes of at least 4 members (excludes halogenated alkanes) is 2. The lowest BCUT2D eigenvalue weighted by Crippen LogP contribution is -2.64. The first-order chi connectivity index (χ1) is 17.2. The minimum atomic E-state index is -1.02. The molecule has 0 aliphatic carbocycles. The van der Waals surface area contributed by atoms with Crippen molar-refractivity contribution >= 4 is 23.6 Å².